The van der Waals surface area contributed by atoms with Crippen LogP contribution in [0.3, 0.4) is 0 Å². The van der Waals surface area contributed by atoms with Crippen molar-refractivity contribution < 1.29 is 9.84 Å². The first-order chi connectivity index (χ1) is 5.20. The molecule has 1 N–H and O–H groups in total. The Morgan fingerprint density at radius 1 is 1.82 bits per heavy atom. The standard InChI is InChI=1S/C6H12INO2S/c1-6(5-9)4-8(11-7)2-3-10-6/h9H,2-5H2,1H3. The third-order valence-corrected chi connectivity index (χ3v) is 3.91. The molecule has 0 saturated carbocycles. The summed E-state index contributed by atoms with van der Waals surface area (Å²) in [7, 11) is 1.68. The van der Waals surface area contributed by atoms with E-state index in [1.807, 2.05) is 6.92 Å². The second-order valence-corrected chi connectivity index (χ2v) is 4.73. The second kappa shape index (κ2) is 4.27. The molecule has 0 aromatic rings. The van der Waals surface area contributed by atoms with Crippen molar-refractivity contribution in [3.8, 4) is 0 Å². The largest absolute Gasteiger partial charge is 0.393 e. The van der Waals surface area contributed by atoms with Crippen LogP contribution in [0.5, 0.6) is 0 Å². The van der Waals surface area contributed by atoms with Crippen molar-refractivity contribution in [2.45, 2.75) is 12.5 Å². The van der Waals surface area contributed by atoms with Crippen molar-refractivity contribution in [1.29, 1.82) is 0 Å². The van der Waals surface area contributed by atoms with Gasteiger partial charge in [-0.25, -0.2) is 4.31 Å². The number of nitrogens with zero attached hydrogens (tertiary/aromatic N) is 1. The first kappa shape index (κ1) is 10.0. The topological polar surface area (TPSA) is 32.7 Å². The molecule has 66 valence electrons. The Morgan fingerprint density at radius 3 is 3.09 bits per heavy atom. The fourth-order valence-corrected chi connectivity index (χ4v) is 2.52. The van der Waals surface area contributed by atoms with Crippen molar-refractivity contribution >= 4 is 30.3 Å². The number of morpholine rings is 1. The van der Waals surface area contributed by atoms with Crippen molar-refractivity contribution in [3.05, 3.63) is 0 Å². The van der Waals surface area contributed by atoms with Gasteiger partial charge in [0.05, 0.1) is 13.2 Å². The average Bonchev–Trinajstić information content (AvgIpc) is 2.05. The van der Waals surface area contributed by atoms with Gasteiger partial charge in [-0.05, 0) is 16.0 Å². The van der Waals surface area contributed by atoms with E-state index < -0.39 is 0 Å². The Hall–Kier alpha value is 0.960. The lowest BCUT2D eigenvalue weighted by molar-refractivity contribution is -0.102. The molecule has 1 saturated heterocycles. The Labute approximate surface area is 83.2 Å². The SMILES string of the molecule is CC1(CO)CN(SI)CCO1. The maximum Gasteiger partial charge on any atom is 0.102 e. The number of aliphatic hydroxyl groups is 1. The van der Waals surface area contributed by atoms with Gasteiger partial charge in [0, 0.05) is 34.3 Å². The molecule has 0 amide bonds. The van der Waals surface area contributed by atoms with Gasteiger partial charge >= 0.3 is 0 Å². The Bertz CT molecular complexity index is 138. The maximum atomic E-state index is 9.00. The van der Waals surface area contributed by atoms with Crippen molar-refractivity contribution in [2.75, 3.05) is 26.3 Å². The summed E-state index contributed by atoms with van der Waals surface area (Å²) in [4.78, 5) is 0. The molecule has 0 aliphatic carbocycles. The molecule has 11 heavy (non-hydrogen) atoms. The predicted molar refractivity (Wildman–Crippen MR) is 54.6 cm³/mol. The summed E-state index contributed by atoms with van der Waals surface area (Å²) < 4.78 is 7.63. The van der Waals surface area contributed by atoms with Gasteiger partial charge in [-0.15, -0.1) is 0 Å². The van der Waals surface area contributed by atoms with E-state index in [2.05, 4.69) is 25.5 Å². The van der Waals surface area contributed by atoms with E-state index >= 15 is 0 Å². The first-order valence-electron chi connectivity index (χ1n) is 3.49. The molecule has 0 aromatic carbocycles. The number of rotatable bonds is 2. The number of hydrogen-bond donors (Lipinski definition) is 1. The van der Waals surface area contributed by atoms with Crippen LogP contribution in [0.25, 0.3) is 0 Å². The monoisotopic (exact) mass is 289 g/mol. The van der Waals surface area contributed by atoms with Crippen LogP contribution in [0.1, 0.15) is 6.92 Å². The smallest absolute Gasteiger partial charge is 0.102 e. The molecule has 1 fully saturated rings. The van der Waals surface area contributed by atoms with Gasteiger partial charge in [0.25, 0.3) is 0 Å². The Morgan fingerprint density at radius 2 is 2.55 bits per heavy atom. The zero-order chi connectivity index (χ0) is 8.32. The van der Waals surface area contributed by atoms with Crippen LogP contribution in [0.15, 0.2) is 0 Å². The maximum absolute atomic E-state index is 9.00. The van der Waals surface area contributed by atoms with Gasteiger partial charge in [-0.2, -0.15) is 0 Å². The predicted octanol–water partition coefficient (Wildman–Crippen LogP) is 1.07. The van der Waals surface area contributed by atoms with E-state index in [-0.39, 0.29) is 12.2 Å². The zero-order valence-electron chi connectivity index (χ0n) is 6.42. The highest BCUT2D eigenvalue weighted by Gasteiger charge is 2.31. The van der Waals surface area contributed by atoms with Crippen LogP contribution < -0.4 is 0 Å². The lowest BCUT2D eigenvalue weighted by atomic mass is 10.1. The van der Waals surface area contributed by atoms with Crippen LogP contribution in [-0.2, 0) is 4.74 Å². The molecule has 1 unspecified atom stereocenters. The molecule has 1 atom stereocenters. The molecule has 0 bridgehead atoms. The summed E-state index contributed by atoms with van der Waals surface area (Å²) in [6.45, 7) is 4.50. The minimum atomic E-state index is -0.351. The summed E-state index contributed by atoms with van der Waals surface area (Å²) >= 11 is 2.25. The van der Waals surface area contributed by atoms with Crippen molar-refractivity contribution in [2.24, 2.45) is 0 Å². The molecule has 3 nitrogen and oxygen atoms in total. The quantitative estimate of drug-likeness (QED) is 0.609. The van der Waals surface area contributed by atoms with Crippen LogP contribution in [-0.4, -0.2) is 41.3 Å². The van der Waals surface area contributed by atoms with Crippen molar-refractivity contribution in [3.63, 3.8) is 0 Å². The highest BCUT2D eigenvalue weighted by molar-refractivity contribution is 14.2. The van der Waals surface area contributed by atoms with Gasteiger partial charge in [0.2, 0.25) is 0 Å². The van der Waals surface area contributed by atoms with Gasteiger partial charge in [-0.1, -0.05) is 0 Å². The summed E-state index contributed by atoms with van der Waals surface area (Å²) in [6.07, 6.45) is 0. The molecule has 5 heteroatoms. The minimum absolute atomic E-state index is 0.0979. The normalized spacial score (nSPS) is 34.1. The number of ether oxygens (including phenoxy) is 1. The number of halogens is 1. The Balaban J connectivity index is 2.44. The minimum Gasteiger partial charge on any atom is -0.393 e. The summed E-state index contributed by atoms with van der Waals surface area (Å²) in [5, 5.41) is 9.00. The fourth-order valence-electron chi connectivity index (χ4n) is 1.05. The molecule has 1 heterocycles. The fraction of sp³-hybridized carbons (Fsp3) is 1.00. The molecular weight excluding hydrogens is 277 g/mol. The summed E-state index contributed by atoms with van der Waals surface area (Å²) in [6, 6.07) is 0. The lowest BCUT2D eigenvalue weighted by Gasteiger charge is -2.37. The van der Waals surface area contributed by atoms with Gasteiger partial charge in [0.1, 0.15) is 5.60 Å². The second-order valence-electron chi connectivity index (χ2n) is 2.89. The van der Waals surface area contributed by atoms with E-state index in [1.165, 1.54) is 0 Å². The third kappa shape index (κ3) is 2.73. The van der Waals surface area contributed by atoms with Gasteiger partial charge in [-0.3, -0.25) is 0 Å². The zero-order valence-corrected chi connectivity index (χ0v) is 9.39. The molecule has 1 rings (SSSR count). The van der Waals surface area contributed by atoms with Crippen molar-refractivity contribution in [1.82, 2.24) is 4.31 Å². The Kier molecular flexibility index (Phi) is 3.90. The number of aliphatic hydroxyl groups excluding tert-OH is 1. The van der Waals surface area contributed by atoms with E-state index in [0.29, 0.717) is 6.61 Å². The molecule has 0 spiro atoms. The van der Waals surface area contributed by atoms with E-state index in [0.717, 1.165) is 13.1 Å². The average molecular weight is 289 g/mol. The van der Waals surface area contributed by atoms with E-state index in [4.69, 9.17) is 9.84 Å². The highest BCUT2D eigenvalue weighted by atomic mass is 127. The lowest BCUT2D eigenvalue weighted by Crippen LogP contribution is -2.49. The van der Waals surface area contributed by atoms with Gasteiger partial charge < -0.3 is 9.84 Å². The third-order valence-electron chi connectivity index (χ3n) is 1.73. The van der Waals surface area contributed by atoms with E-state index in [9.17, 15) is 0 Å². The van der Waals surface area contributed by atoms with E-state index in [1.54, 1.807) is 9.12 Å². The van der Waals surface area contributed by atoms with Crippen LogP contribution in [0, 0.1) is 0 Å². The molecule has 0 radical (unpaired) electrons. The highest BCUT2D eigenvalue weighted by Crippen LogP contribution is 2.26. The van der Waals surface area contributed by atoms with Crippen LogP contribution in [0.4, 0.5) is 0 Å². The molecular formula is C6H12INO2S. The number of hydrogen-bond acceptors (Lipinski definition) is 4. The summed E-state index contributed by atoms with van der Waals surface area (Å²) in [5.74, 6) is 0. The van der Waals surface area contributed by atoms with Crippen LogP contribution >= 0.6 is 30.3 Å². The van der Waals surface area contributed by atoms with Gasteiger partial charge in [0.15, 0.2) is 0 Å². The summed E-state index contributed by atoms with van der Waals surface area (Å²) in [5.41, 5.74) is -0.351. The molecule has 0 aromatic heterocycles. The molecule has 1 aliphatic heterocycles. The first-order valence-corrected chi connectivity index (χ1v) is 6.80. The molecule has 1 aliphatic rings. The van der Waals surface area contributed by atoms with Crippen LogP contribution in [0.2, 0.25) is 0 Å².